The summed E-state index contributed by atoms with van der Waals surface area (Å²) in [5.41, 5.74) is 0.357. The molecule has 1 rings (SSSR count). The highest BCUT2D eigenvalue weighted by Gasteiger charge is 2.27. The van der Waals surface area contributed by atoms with Gasteiger partial charge in [0.2, 0.25) is 10.0 Å². The van der Waals surface area contributed by atoms with Crippen LogP contribution in [0.2, 0.25) is 0 Å². The maximum absolute atomic E-state index is 12.5. The van der Waals surface area contributed by atoms with E-state index in [1.807, 2.05) is 20.8 Å². The Morgan fingerprint density at radius 2 is 2.00 bits per heavy atom. The molecule has 0 radical (unpaired) electrons. The number of hydrogen-bond acceptors (Lipinski definition) is 5. The largest absolute Gasteiger partial charge is 0.394 e. The molecule has 1 aromatic rings. The highest BCUT2D eigenvalue weighted by Crippen LogP contribution is 2.20. The van der Waals surface area contributed by atoms with Gasteiger partial charge in [-0.25, -0.2) is 13.1 Å². The highest BCUT2D eigenvalue weighted by atomic mass is 32.2. The molecule has 7 nitrogen and oxygen atoms in total. The summed E-state index contributed by atoms with van der Waals surface area (Å²) in [6.07, 6.45) is 0. The molecule has 0 aliphatic rings. The van der Waals surface area contributed by atoms with Crippen molar-refractivity contribution in [2.45, 2.75) is 51.7 Å². The van der Waals surface area contributed by atoms with E-state index in [0.29, 0.717) is 18.0 Å². The molecule has 0 aliphatic heterocycles. The third-order valence-electron chi connectivity index (χ3n) is 3.12. The van der Waals surface area contributed by atoms with E-state index in [0.717, 1.165) is 0 Å². The number of nitrogens with zero attached hydrogens (tertiary/aromatic N) is 2. The molecule has 2 N–H and O–H groups in total. The molecule has 0 fully saturated rings. The molecular weight excluding hydrogens is 294 g/mol. The quantitative estimate of drug-likeness (QED) is 0.731. The van der Waals surface area contributed by atoms with Gasteiger partial charge in [0, 0.05) is 13.2 Å². The second-order valence-corrected chi connectivity index (χ2v) is 7.17. The molecule has 0 bridgehead atoms. The van der Waals surface area contributed by atoms with Gasteiger partial charge in [0.15, 0.2) is 0 Å². The average Bonchev–Trinajstić information content (AvgIpc) is 2.63. The maximum Gasteiger partial charge on any atom is 0.244 e. The van der Waals surface area contributed by atoms with Crippen LogP contribution in [0.15, 0.2) is 4.90 Å². The van der Waals surface area contributed by atoms with Gasteiger partial charge in [0.1, 0.15) is 4.90 Å². The first-order valence-corrected chi connectivity index (χ1v) is 8.41. The van der Waals surface area contributed by atoms with Crippen LogP contribution in [0, 0.1) is 13.8 Å². The van der Waals surface area contributed by atoms with Crippen LogP contribution in [0.1, 0.15) is 32.2 Å². The Labute approximate surface area is 126 Å². The van der Waals surface area contributed by atoms with E-state index in [9.17, 15) is 8.42 Å². The summed E-state index contributed by atoms with van der Waals surface area (Å²) in [5, 5.41) is 13.1. The lowest BCUT2D eigenvalue weighted by molar-refractivity contribution is -0.00515. The molecule has 0 aromatic carbocycles. The molecular formula is C13H25N3O4S. The van der Waals surface area contributed by atoms with Crippen molar-refractivity contribution in [1.82, 2.24) is 14.5 Å². The predicted octanol–water partition coefficient (Wildman–Crippen LogP) is 0.586. The first-order valence-electron chi connectivity index (χ1n) is 6.93. The summed E-state index contributed by atoms with van der Waals surface area (Å²) in [6.45, 7) is 9.71. The third kappa shape index (κ3) is 4.50. The minimum Gasteiger partial charge on any atom is -0.394 e. The fraction of sp³-hybridized carbons (Fsp3) is 0.769. The van der Waals surface area contributed by atoms with E-state index in [1.54, 1.807) is 13.8 Å². The minimum absolute atomic E-state index is 0.0910. The SMILES string of the molecule is CCOC(C)(C)CNS(=O)(=O)c1c(C)nn(CCO)c1C. The number of ether oxygens (including phenoxy) is 1. The van der Waals surface area contributed by atoms with E-state index in [4.69, 9.17) is 9.84 Å². The molecule has 0 atom stereocenters. The standard InChI is InChI=1S/C13H25N3O4S/c1-6-20-13(4,5)9-14-21(18,19)12-10(2)15-16(7-8-17)11(12)3/h14,17H,6-9H2,1-5H3. The van der Waals surface area contributed by atoms with Crippen molar-refractivity contribution in [3.8, 4) is 0 Å². The highest BCUT2D eigenvalue weighted by molar-refractivity contribution is 7.89. The van der Waals surface area contributed by atoms with Crippen molar-refractivity contribution in [2.75, 3.05) is 19.8 Å². The van der Waals surface area contributed by atoms with Crippen molar-refractivity contribution in [3.63, 3.8) is 0 Å². The number of sulfonamides is 1. The molecule has 1 heterocycles. The second-order valence-electron chi connectivity index (χ2n) is 5.46. The van der Waals surface area contributed by atoms with Gasteiger partial charge in [0.05, 0.1) is 30.1 Å². The van der Waals surface area contributed by atoms with Gasteiger partial charge in [-0.05, 0) is 34.6 Å². The summed E-state index contributed by atoms with van der Waals surface area (Å²) >= 11 is 0. The van der Waals surface area contributed by atoms with Crippen molar-refractivity contribution in [1.29, 1.82) is 0 Å². The van der Waals surface area contributed by atoms with Crippen LogP contribution in [0.4, 0.5) is 0 Å². The monoisotopic (exact) mass is 319 g/mol. The van der Waals surface area contributed by atoms with Crippen molar-refractivity contribution >= 4 is 10.0 Å². The van der Waals surface area contributed by atoms with Gasteiger partial charge in [-0.1, -0.05) is 0 Å². The van der Waals surface area contributed by atoms with E-state index in [-0.39, 0.29) is 24.6 Å². The van der Waals surface area contributed by atoms with Crippen molar-refractivity contribution in [3.05, 3.63) is 11.4 Å². The number of aryl methyl sites for hydroxylation is 1. The Kier molecular flexibility index (Phi) is 5.92. The first kappa shape index (κ1) is 18.1. The lowest BCUT2D eigenvalue weighted by atomic mass is 10.1. The van der Waals surface area contributed by atoms with E-state index >= 15 is 0 Å². The van der Waals surface area contributed by atoms with Crippen LogP contribution in [0.5, 0.6) is 0 Å². The average molecular weight is 319 g/mol. The molecule has 122 valence electrons. The van der Waals surface area contributed by atoms with Gasteiger partial charge in [-0.2, -0.15) is 5.10 Å². The molecule has 0 aliphatic carbocycles. The normalized spacial score (nSPS) is 12.9. The smallest absolute Gasteiger partial charge is 0.244 e. The number of nitrogens with one attached hydrogen (secondary N) is 1. The number of rotatable bonds is 8. The predicted molar refractivity (Wildman–Crippen MR) is 79.7 cm³/mol. The fourth-order valence-electron chi connectivity index (χ4n) is 2.16. The summed E-state index contributed by atoms with van der Waals surface area (Å²) in [6, 6.07) is 0. The minimum atomic E-state index is -3.67. The summed E-state index contributed by atoms with van der Waals surface area (Å²) in [5.74, 6) is 0. The number of aliphatic hydroxyl groups excluding tert-OH is 1. The van der Waals surface area contributed by atoms with Crippen LogP contribution in [0.3, 0.4) is 0 Å². The molecule has 0 saturated heterocycles. The van der Waals surface area contributed by atoms with Crippen LogP contribution in [-0.2, 0) is 21.3 Å². The Balaban J connectivity index is 2.98. The van der Waals surface area contributed by atoms with Gasteiger partial charge in [0.25, 0.3) is 0 Å². The van der Waals surface area contributed by atoms with Gasteiger partial charge in [-0.15, -0.1) is 0 Å². The van der Waals surface area contributed by atoms with Crippen LogP contribution in [-0.4, -0.2) is 48.7 Å². The van der Waals surface area contributed by atoms with Crippen molar-refractivity contribution in [2.24, 2.45) is 0 Å². The number of aliphatic hydroxyl groups is 1. The topological polar surface area (TPSA) is 93.5 Å². The van der Waals surface area contributed by atoms with E-state index < -0.39 is 15.6 Å². The third-order valence-corrected chi connectivity index (χ3v) is 4.77. The van der Waals surface area contributed by atoms with Gasteiger partial charge in [-0.3, -0.25) is 4.68 Å². The lowest BCUT2D eigenvalue weighted by Gasteiger charge is -2.24. The van der Waals surface area contributed by atoms with Gasteiger partial charge >= 0.3 is 0 Å². The Morgan fingerprint density at radius 1 is 1.38 bits per heavy atom. The zero-order valence-electron chi connectivity index (χ0n) is 13.3. The maximum atomic E-state index is 12.5. The zero-order valence-corrected chi connectivity index (χ0v) is 14.1. The van der Waals surface area contributed by atoms with E-state index in [1.165, 1.54) is 4.68 Å². The Hall–Kier alpha value is -0.960. The van der Waals surface area contributed by atoms with E-state index in [2.05, 4.69) is 9.82 Å². The van der Waals surface area contributed by atoms with Crippen LogP contribution >= 0.6 is 0 Å². The Morgan fingerprint density at radius 3 is 2.52 bits per heavy atom. The molecule has 21 heavy (non-hydrogen) atoms. The van der Waals surface area contributed by atoms with Crippen molar-refractivity contribution < 1.29 is 18.3 Å². The summed E-state index contributed by atoms with van der Waals surface area (Å²) < 4.78 is 34.5. The fourth-order valence-corrected chi connectivity index (χ4v) is 3.77. The Bertz CT molecular complexity index is 578. The lowest BCUT2D eigenvalue weighted by Crippen LogP contribution is -2.40. The molecule has 0 amide bonds. The zero-order chi connectivity index (χ0) is 16.3. The molecule has 0 spiro atoms. The first-order chi connectivity index (χ1) is 9.64. The number of hydrogen-bond donors (Lipinski definition) is 2. The van der Waals surface area contributed by atoms with Crippen LogP contribution < -0.4 is 4.72 Å². The van der Waals surface area contributed by atoms with Gasteiger partial charge < -0.3 is 9.84 Å². The van der Waals surface area contributed by atoms with Crippen LogP contribution in [0.25, 0.3) is 0 Å². The molecule has 8 heteroatoms. The molecule has 0 saturated carbocycles. The summed E-state index contributed by atoms with van der Waals surface area (Å²) in [4.78, 5) is 0.170. The molecule has 0 unspecified atom stereocenters. The molecule has 1 aromatic heterocycles. The number of aromatic nitrogens is 2. The summed E-state index contributed by atoms with van der Waals surface area (Å²) in [7, 11) is -3.67. The second kappa shape index (κ2) is 6.87.